The van der Waals surface area contributed by atoms with Crippen LogP contribution in [0.25, 0.3) is 16.3 Å². The normalized spacial score (nSPS) is 26.9. The molecule has 2 aromatic heterocycles. The number of imide groups is 1. The van der Waals surface area contributed by atoms with Gasteiger partial charge in [-0.25, -0.2) is 4.68 Å². The lowest BCUT2D eigenvalue weighted by Crippen LogP contribution is -2.38. The third-order valence-electron chi connectivity index (χ3n) is 6.57. The van der Waals surface area contributed by atoms with Gasteiger partial charge in [0.05, 0.1) is 28.6 Å². The van der Waals surface area contributed by atoms with Gasteiger partial charge < -0.3 is 0 Å². The van der Waals surface area contributed by atoms with E-state index in [1.54, 1.807) is 22.2 Å². The number of hydrogen-bond acceptors (Lipinski definition) is 5. The van der Waals surface area contributed by atoms with Gasteiger partial charge in [-0.05, 0) is 48.3 Å². The van der Waals surface area contributed by atoms with Gasteiger partial charge in [0.2, 0.25) is 0 Å². The van der Waals surface area contributed by atoms with Gasteiger partial charge in [0, 0.05) is 11.8 Å². The fourth-order valence-corrected chi connectivity index (χ4v) is 5.82. The molecule has 1 aliphatic heterocycles. The average Bonchev–Trinajstić information content (AvgIpc) is 3.54. The third-order valence-corrected chi connectivity index (χ3v) is 7.44. The number of nitrogens with zero attached hydrogens (tertiary/aromatic N) is 4. The van der Waals surface area contributed by atoms with Crippen molar-refractivity contribution in [2.24, 2.45) is 28.8 Å². The van der Waals surface area contributed by atoms with Crippen LogP contribution in [0.15, 0.2) is 71.3 Å². The van der Waals surface area contributed by atoms with E-state index in [0.29, 0.717) is 0 Å². The molecule has 154 valence electrons. The average molecular weight is 429 g/mol. The third kappa shape index (κ3) is 2.91. The first-order chi connectivity index (χ1) is 15.2. The molecule has 3 aliphatic carbocycles. The van der Waals surface area contributed by atoms with Crippen LogP contribution in [0.1, 0.15) is 18.4 Å². The number of rotatable bonds is 4. The van der Waals surface area contributed by atoms with E-state index in [-0.39, 0.29) is 35.5 Å². The van der Waals surface area contributed by atoms with Crippen LogP contribution in [0.2, 0.25) is 0 Å². The van der Waals surface area contributed by atoms with Crippen molar-refractivity contribution in [3.63, 3.8) is 0 Å². The van der Waals surface area contributed by atoms with Gasteiger partial charge in [-0.15, -0.1) is 11.3 Å². The zero-order chi connectivity index (χ0) is 20.9. The van der Waals surface area contributed by atoms with E-state index in [0.717, 1.165) is 39.7 Å². The van der Waals surface area contributed by atoms with Crippen LogP contribution < -0.4 is 0 Å². The second-order valence-electron chi connectivity index (χ2n) is 8.26. The van der Waals surface area contributed by atoms with Crippen LogP contribution in [-0.2, 0) is 9.59 Å². The molecule has 4 atom stereocenters. The molecule has 4 aliphatic rings. The summed E-state index contributed by atoms with van der Waals surface area (Å²) < 4.78 is 1.80. The molecule has 7 rings (SSSR count). The van der Waals surface area contributed by atoms with Gasteiger partial charge in [0.15, 0.2) is 0 Å². The summed E-state index contributed by atoms with van der Waals surface area (Å²) in [5.41, 5.74) is 2.48. The lowest BCUT2D eigenvalue weighted by atomic mass is 9.63. The molecular weight excluding hydrogens is 408 g/mol. The van der Waals surface area contributed by atoms with Crippen LogP contribution in [0.3, 0.4) is 0 Å². The number of carbonyl (C=O) groups is 2. The largest absolute Gasteiger partial charge is 0.272 e. The fraction of sp³-hybridized carbons (Fsp3) is 0.250. The van der Waals surface area contributed by atoms with Crippen LogP contribution >= 0.6 is 11.3 Å². The highest BCUT2D eigenvalue weighted by atomic mass is 32.1. The molecule has 0 spiro atoms. The first-order valence-corrected chi connectivity index (χ1v) is 11.4. The van der Waals surface area contributed by atoms with Crippen LogP contribution in [-0.4, -0.2) is 32.8 Å². The number of aromatic nitrogens is 2. The number of hydrogen-bond donors (Lipinski definition) is 0. The minimum atomic E-state index is -0.253. The van der Waals surface area contributed by atoms with Gasteiger partial charge in [0.25, 0.3) is 11.8 Å². The van der Waals surface area contributed by atoms with E-state index in [2.05, 4.69) is 17.3 Å². The number of hydrazone groups is 1. The molecule has 1 saturated carbocycles. The first-order valence-electron chi connectivity index (χ1n) is 10.5. The predicted octanol–water partition coefficient (Wildman–Crippen LogP) is 4.13. The minimum absolute atomic E-state index is 0.161. The molecule has 2 fully saturated rings. The Hall–Kier alpha value is -3.32. The van der Waals surface area contributed by atoms with E-state index in [1.807, 2.05) is 54.0 Å². The van der Waals surface area contributed by atoms with Crippen molar-refractivity contribution in [2.45, 2.75) is 12.8 Å². The van der Waals surface area contributed by atoms with Crippen molar-refractivity contribution in [2.75, 3.05) is 0 Å². The Kier molecular flexibility index (Phi) is 4.24. The van der Waals surface area contributed by atoms with E-state index in [9.17, 15) is 9.59 Å². The number of para-hydroxylation sites is 1. The minimum Gasteiger partial charge on any atom is -0.272 e. The molecule has 3 heterocycles. The first kappa shape index (κ1) is 18.4. The maximum absolute atomic E-state index is 13.0. The Morgan fingerprint density at radius 2 is 1.68 bits per heavy atom. The molecule has 2 bridgehead atoms. The van der Waals surface area contributed by atoms with Crippen molar-refractivity contribution in [1.29, 1.82) is 0 Å². The molecule has 31 heavy (non-hydrogen) atoms. The molecule has 6 nitrogen and oxygen atoms in total. The summed E-state index contributed by atoms with van der Waals surface area (Å²) in [5, 5.41) is 12.2. The smallest absolute Gasteiger partial charge is 0.254 e. The van der Waals surface area contributed by atoms with Crippen LogP contribution in [0, 0.1) is 23.7 Å². The van der Waals surface area contributed by atoms with Gasteiger partial charge >= 0.3 is 0 Å². The number of fused-ring (bicyclic) bond motifs is 1. The summed E-state index contributed by atoms with van der Waals surface area (Å²) in [5.74, 6) is -0.519. The van der Waals surface area contributed by atoms with Gasteiger partial charge in [-0.1, -0.05) is 36.4 Å². The monoisotopic (exact) mass is 428 g/mol. The van der Waals surface area contributed by atoms with Crippen molar-refractivity contribution >= 4 is 29.4 Å². The van der Waals surface area contributed by atoms with Crippen molar-refractivity contribution < 1.29 is 9.59 Å². The number of carbonyl (C=O) groups excluding carboxylic acids is 2. The number of benzene rings is 1. The van der Waals surface area contributed by atoms with E-state index in [1.165, 1.54) is 0 Å². The molecule has 0 N–H and O–H groups in total. The maximum Gasteiger partial charge on any atom is 0.254 e. The molecular formula is C24H20N4O2S. The lowest BCUT2D eigenvalue weighted by Gasteiger charge is -2.37. The van der Waals surface area contributed by atoms with Crippen LogP contribution in [0.5, 0.6) is 0 Å². The summed E-state index contributed by atoms with van der Waals surface area (Å²) in [4.78, 5) is 27.1. The highest BCUT2D eigenvalue weighted by Gasteiger charge is 2.56. The predicted molar refractivity (Wildman–Crippen MR) is 119 cm³/mol. The SMILES string of the molecule is O=C1C2C3C=CC(CC3)C2C(=O)N1/N=C/c1cn(-c2ccccc2)nc1-c1cccs1. The number of allylic oxidation sites excluding steroid dienone is 2. The summed E-state index contributed by atoms with van der Waals surface area (Å²) in [6.45, 7) is 0. The Morgan fingerprint density at radius 1 is 0.968 bits per heavy atom. The molecule has 4 unspecified atom stereocenters. The maximum atomic E-state index is 13.0. The van der Waals surface area contributed by atoms with Gasteiger partial charge in [0.1, 0.15) is 5.69 Å². The molecule has 1 aromatic carbocycles. The highest BCUT2D eigenvalue weighted by Crippen LogP contribution is 2.49. The van der Waals surface area contributed by atoms with Gasteiger partial charge in [-0.2, -0.15) is 15.2 Å². The quantitative estimate of drug-likeness (QED) is 0.356. The van der Waals surface area contributed by atoms with Crippen molar-refractivity contribution in [3.05, 3.63) is 71.8 Å². The van der Waals surface area contributed by atoms with Crippen LogP contribution in [0.4, 0.5) is 0 Å². The number of thiophene rings is 1. The summed E-state index contributed by atoms with van der Waals surface area (Å²) in [7, 11) is 0. The van der Waals surface area contributed by atoms with Gasteiger partial charge in [-0.3, -0.25) is 9.59 Å². The summed E-state index contributed by atoms with van der Waals surface area (Å²) in [6.07, 6.45) is 9.68. The topological polar surface area (TPSA) is 67.6 Å². The Balaban J connectivity index is 1.36. The molecule has 1 saturated heterocycles. The summed E-state index contributed by atoms with van der Waals surface area (Å²) >= 11 is 1.59. The number of amides is 2. The second kappa shape index (κ2) is 7.13. The zero-order valence-electron chi connectivity index (χ0n) is 16.7. The van der Waals surface area contributed by atoms with Crippen molar-refractivity contribution in [3.8, 4) is 16.3 Å². The van der Waals surface area contributed by atoms with Crippen molar-refractivity contribution in [1.82, 2.24) is 14.8 Å². The van der Waals surface area contributed by atoms with E-state index in [4.69, 9.17) is 5.10 Å². The molecule has 3 aromatic rings. The molecule has 0 radical (unpaired) electrons. The van der Waals surface area contributed by atoms with E-state index >= 15 is 0 Å². The fourth-order valence-electron chi connectivity index (χ4n) is 5.09. The lowest BCUT2D eigenvalue weighted by molar-refractivity contribution is -0.140. The Labute approximate surface area is 183 Å². The molecule has 7 heteroatoms. The van der Waals surface area contributed by atoms with E-state index < -0.39 is 0 Å². The Bertz CT molecular complexity index is 1180. The summed E-state index contributed by atoms with van der Waals surface area (Å²) in [6, 6.07) is 13.8. The standard InChI is InChI=1S/C24H20N4O2S/c29-23-20-15-8-9-16(11-10-15)21(20)24(30)28(23)25-13-17-14-27(18-5-2-1-3-6-18)26-22(17)19-7-4-12-31-19/h1-9,12-16,20-21H,10-11H2/b25-13+. The Morgan fingerprint density at radius 3 is 2.29 bits per heavy atom. The highest BCUT2D eigenvalue weighted by molar-refractivity contribution is 7.13. The zero-order valence-corrected chi connectivity index (χ0v) is 17.5. The second-order valence-corrected chi connectivity index (χ2v) is 9.21. The molecule has 2 amide bonds.